The highest BCUT2D eigenvalue weighted by Crippen LogP contribution is 2.21. The van der Waals surface area contributed by atoms with Crippen LogP contribution in [0.25, 0.3) is 10.9 Å². The van der Waals surface area contributed by atoms with Crippen molar-refractivity contribution >= 4 is 22.5 Å². The Hall–Kier alpha value is -2.82. The Bertz CT molecular complexity index is 797. The smallest absolute Gasteiger partial charge is 0.224 e. The van der Waals surface area contributed by atoms with Crippen LogP contribution in [-0.2, 0) is 11.3 Å². The molecule has 1 aromatic carbocycles. The van der Waals surface area contributed by atoms with Crippen molar-refractivity contribution in [3.8, 4) is 5.75 Å². The van der Waals surface area contributed by atoms with E-state index in [1.807, 2.05) is 48.8 Å². The van der Waals surface area contributed by atoms with Crippen molar-refractivity contribution in [2.24, 2.45) is 0 Å². The molecule has 0 unspecified atom stereocenters. The number of amides is 1. The van der Waals surface area contributed by atoms with Gasteiger partial charge in [-0.15, -0.1) is 0 Å². The number of fused-ring (bicyclic) bond motifs is 1. The number of carbonyl (C=O) groups is 1. The molecule has 0 radical (unpaired) electrons. The van der Waals surface area contributed by atoms with Crippen LogP contribution >= 0.6 is 0 Å². The first-order chi connectivity index (χ1) is 11.2. The topological polar surface area (TPSA) is 56.1 Å². The standard InChI is InChI=1S/C18H19N3O2/c1-23-16-7-6-14-11-15(13-19-17(14)12-16)20-18(22)5-4-10-21-8-2-3-9-21/h2-3,6-9,11-13H,4-5,10H2,1H3,(H,20,22). The van der Waals surface area contributed by atoms with Gasteiger partial charge in [-0.3, -0.25) is 9.78 Å². The van der Waals surface area contributed by atoms with E-state index in [-0.39, 0.29) is 5.91 Å². The van der Waals surface area contributed by atoms with Crippen LogP contribution in [0, 0.1) is 0 Å². The van der Waals surface area contributed by atoms with Crippen molar-refractivity contribution < 1.29 is 9.53 Å². The number of anilines is 1. The lowest BCUT2D eigenvalue weighted by Crippen LogP contribution is -2.12. The zero-order chi connectivity index (χ0) is 16.1. The number of aryl methyl sites for hydroxylation is 1. The second kappa shape index (κ2) is 6.96. The van der Waals surface area contributed by atoms with E-state index in [0.717, 1.165) is 29.6 Å². The molecule has 118 valence electrons. The lowest BCUT2D eigenvalue weighted by molar-refractivity contribution is -0.116. The predicted molar refractivity (Wildman–Crippen MR) is 90.6 cm³/mol. The molecule has 3 aromatic rings. The van der Waals surface area contributed by atoms with Gasteiger partial charge in [-0.05, 0) is 36.8 Å². The molecule has 0 aliphatic carbocycles. The summed E-state index contributed by atoms with van der Waals surface area (Å²) < 4.78 is 7.25. The van der Waals surface area contributed by atoms with Crippen molar-refractivity contribution in [1.29, 1.82) is 0 Å². The first-order valence-electron chi connectivity index (χ1n) is 7.59. The van der Waals surface area contributed by atoms with Crippen LogP contribution in [0.2, 0.25) is 0 Å². The van der Waals surface area contributed by atoms with Crippen LogP contribution in [0.3, 0.4) is 0 Å². The summed E-state index contributed by atoms with van der Waals surface area (Å²) in [5, 5.41) is 3.87. The van der Waals surface area contributed by atoms with Crippen molar-refractivity contribution in [2.75, 3.05) is 12.4 Å². The van der Waals surface area contributed by atoms with Gasteiger partial charge in [-0.25, -0.2) is 0 Å². The molecular formula is C18H19N3O2. The summed E-state index contributed by atoms with van der Waals surface area (Å²) in [6, 6.07) is 11.6. The lowest BCUT2D eigenvalue weighted by atomic mass is 10.2. The SMILES string of the molecule is COc1ccc2cc(NC(=O)CCCn3cccc3)cnc2c1. The lowest BCUT2D eigenvalue weighted by Gasteiger charge is -2.07. The molecule has 0 bridgehead atoms. The fraction of sp³-hybridized carbons (Fsp3) is 0.222. The molecule has 0 saturated carbocycles. The van der Waals surface area contributed by atoms with E-state index in [0.29, 0.717) is 12.1 Å². The molecule has 0 saturated heterocycles. The van der Waals surface area contributed by atoms with Crippen molar-refractivity contribution in [2.45, 2.75) is 19.4 Å². The Kier molecular flexibility index (Phi) is 4.57. The molecule has 1 amide bonds. The van der Waals surface area contributed by atoms with Crippen LogP contribution < -0.4 is 10.1 Å². The third-order valence-corrected chi connectivity index (χ3v) is 3.66. The Morgan fingerprint density at radius 2 is 2.09 bits per heavy atom. The summed E-state index contributed by atoms with van der Waals surface area (Å²) in [7, 11) is 1.63. The number of nitrogens with one attached hydrogen (secondary N) is 1. The van der Waals surface area contributed by atoms with Gasteiger partial charge in [0.05, 0.1) is 24.5 Å². The minimum atomic E-state index is 0.00631. The summed E-state index contributed by atoms with van der Waals surface area (Å²) in [5.74, 6) is 0.776. The molecule has 0 atom stereocenters. The van der Waals surface area contributed by atoms with Crippen LogP contribution in [-0.4, -0.2) is 22.6 Å². The minimum Gasteiger partial charge on any atom is -0.497 e. The average Bonchev–Trinajstić information content (AvgIpc) is 3.07. The number of aromatic nitrogens is 2. The zero-order valence-electron chi connectivity index (χ0n) is 13.0. The van der Waals surface area contributed by atoms with Gasteiger partial charge < -0.3 is 14.6 Å². The molecule has 5 heteroatoms. The first-order valence-corrected chi connectivity index (χ1v) is 7.59. The first kappa shape index (κ1) is 15.1. The molecule has 0 spiro atoms. The molecule has 2 heterocycles. The summed E-state index contributed by atoms with van der Waals surface area (Å²) in [6.45, 7) is 0.843. The fourth-order valence-corrected chi connectivity index (χ4v) is 2.46. The molecule has 0 aliphatic heterocycles. The van der Waals surface area contributed by atoms with Gasteiger partial charge in [0.15, 0.2) is 0 Å². The monoisotopic (exact) mass is 309 g/mol. The quantitative estimate of drug-likeness (QED) is 0.758. The Morgan fingerprint density at radius 3 is 2.87 bits per heavy atom. The predicted octanol–water partition coefficient (Wildman–Crippen LogP) is 3.46. The molecule has 2 aromatic heterocycles. The normalized spacial score (nSPS) is 10.7. The molecule has 0 aliphatic rings. The van der Waals surface area contributed by atoms with E-state index < -0.39 is 0 Å². The molecular weight excluding hydrogens is 290 g/mol. The zero-order valence-corrected chi connectivity index (χ0v) is 13.0. The number of rotatable bonds is 6. The number of methoxy groups -OCH3 is 1. The highest BCUT2D eigenvalue weighted by atomic mass is 16.5. The number of pyridine rings is 1. The summed E-state index contributed by atoms with van der Waals surface area (Å²) >= 11 is 0. The van der Waals surface area contributed by atoms with E-state index in [1.54, 1.807) is 13.3 Å². The summed E-state index contributed by atoms with van der Waals surface area (Å²) in [5.41, 5.74) is 1.56. The third kappa shape index (κ3) is 3.88. The number of hydrogen-bond donors (Lipinski definition) is 1. The maximum absolute atomic E-state index is 12.0. The van der Waals surface area contributed by atoms with Crippen LogP contribution in [0.5, 0.6) is 5.75 Å². The Balaban J connectivity index is 1.58. The average molecular weight is 309 g/mol. The highest BCUT2D eigenvalue weighted by Gasteiger charge is 2.05. The van der Waals surface area contributed by atoms with Crippen LogP contribution in [0.4, 0.5) is 5.69 Å². The van der Waals surface area contributed by atoms with E-state index in [4.69, 9.17) is 4.74 Å². The summed E-state index contributed by atoms with van der Waals surface area (Å²) in [4.78, 5) is 16.4. The number of carbonyl (C=O) groups excluding carboxylic acids is 1. The largest absolute Gasteiger partial charge is 0.497 e. The van der Waals surface area contributed by atoms with Gasteiger partial charge >= 0.3 is 0 Å². The third-order valence-electron chi connectivity index (χ3n) is 3.66. The second-order valence-corrected chi connectivity index (χ2v) is 5.36. The van der Waals surface area contributed by atoms with Gasteiger partial charge in [0.25, 0.3) is 0 Å². The van der Waals surface area contributed by atoms with E-state index >= 15 is 0 Å². The van der Waals surface area contributed by atoms with Gasteiger partial charge in [0.1, 0.15) is 5.75 Å². The van der Waals surface area contributed by atoms with E-state index in [9.17, 15) is 4.79 Å². The van der Waals surface area contributed by atoms with Crippen molar-refractivity contribution in [3.63, 3.8) is 0 Å². The minimum absolute atomic E-state index is 0.00631. The fourth-order valence-electron chi connectivity index (χ4n) is 2.46. The van der Waals surface area contributed by atoms with E-state index in [1.165, 1.54) is 0 Å². The van der Waals surface area contributed by atoms with Gasteiger partial charge in [0.2, 0.25) is 5.91 Å². The molecule has 23 heavy (non-hydrogen) atoms. The molecule has 0 fully saturated rings. The second-order valence-electron chi connectivity index (χ2n) is 5.36. The highest BCUT2D eigenvalue weighted by molar-refractivity contribution is 5.93. The maximum Gasteiger partial charge on any atom is 0.224 e. The molecule has 1 N–H and O–H groups in total. The maximum atomic E-state index is 12.0. The molecule has 5 nitrogen and oxygen atoms in total. The van der Waals surface area contributed by atoms with Crippen molar-refractivity contribution in [3.05, 3.63) is 55.0 Å². The van der Waals surface area contributed by atoms with Gasteiger partial charge in [-0.1, -0.05) is 0 Å². The molecule has 3 rings (SSSR count). The number of hydrogen-bond acceptors (Lipinski definition) is 3. The van der Waals surface area contributed by atoms with Crippen LogP contribution in [0.1, 0.15) is 12.8 Å². The van der Waals surface area contributed by atoms with Crippen molar-refractivity contribution in [1.82, 2.24) is 9.55 Å². The van der Waals surface area contributed by atoms with Gasteiger partial charge in [0, 0.05) is 36.8 Å². The number of nitrogens with zero attached hydrogens (tertiary/aromatic N) is 2. The number of ether oxygens (including phenoxy) is 1. The number of benzene rings is 1. The van der Waals surface area contributed by atoms with Gasteiger partial charge in [-0.2, -0.15) is 0 Å². The summed E-state index contributed by atoms with van der Waals surface area (Å²) in [6.07, 6.45) is 6.96. The van der Waals surface area contributed by atoms with E-state index in [2.05, 4.69) is 14.9 Å². The Morgan fingerprint density at radius 1 is 1.26 bits per heavy atom. The Labute approximate surface area is 134 Å². The van der Waals surface area contributed by atoms with Crippen LogP contribution in [0.15, 0.2) is 55.0 Å².